The molecule has 4 heterocycles. The van der Waals surface area contributed by atoms with E-state index in [0.717, 1.165) is 49.3 Å². The first-order valence-corrected chi connectivity index (χ1v) is 13.5. The van der Waals surface area contributed by atoms with Crippen molar-refractivity contribution in [2.24, 2.45) is 0 Å². The van der Waals surface area contributed by atoms with Gasteiger partial charge in [0.25, 0.3) is 5.91 Å². The summed E-state index contributed by atoms with van der Waals surface area (Å²) in [5.41, 5.74) is 5.58. The normalized spacial score (nSPS) is 17.4. The minimum absolute atomic E-state index is 0.0197. The molecule has 1 atom stereocenters. The standard InChI is InChI=1S/C31H30N4O5/c1-37-28-15-20(31(36)35-23-9-13-39-18-23)2-4-25(28)29-16-27-30(40-29)24(6-10-33-27)19-3-5-26(21(14-19)17-32)34-22-7-11-38-12-8-22/h2-6,10,14-16,22-23,34H,7-9,11-13,18H2,1H3,(H,35,36). The average Bonchev–Trinajstić information content (AvgIpc) is 3.67. The van der Waals surface area contributed by atoms with Gasteiger partial charge in [0.1, 0.15) is 23.1 Å². The summed E-state index contributed by atoms with van der Waals surface area (Å²) < 4.78 is 22.8. The van der Waals surface area contributed by atoms with Crippen molar-refractivity contribution >= 4 is 22.7 Å². The average molecular weight is 539 g/mol. The van der Waals surface area contributed by atoms with Gasteiger partial charge in [-0.25, -0.2) is 0 Å². The second kappa shape index (κ2) is 11.4. The van der Waals surface area contributed by atoms with Gasteiger partial charge in [-0.05, 0) is 61.2 Å². The van der Waals surface area contributed by atoms with Crippen LogP contribution in [0, 0.1) is 11.3 Å². The number of nitriles is 1. The van der Waals surface area contributed by atoms with Crippen LogP contribution in [0.25, 0.3) is 33.6 Å². The Morgan fingerprint density at radius 1 is 1.00 bits per heavy atom. The molecule has 9 nitrogen and oxygen atoms in total. The van der Waals surface area contributed by atoms with Crippen LogP contribution in [0.1, 0.15) is 35.2 Å². The van der Waals surface area contributed by atoms with E-state index in [1.54, 1.807) is 25.4 Å². The molecule has 1 unspecified atom stereocenters. The summed E-state index contributed by atoms with van der Waals surface area (Å²) in [6.45, 7) is 2.64. The zero-order valence-corrected chi connectivity index (χ0v) is 22.2. The molecule has 1 amide bonds. The first kappa shape index (κ1) is 25.9. The highest BCUT2D eigenvalue weighted by Gasteiger charge is 2.21. The third kappa shape index (κ3) is 5.24. The van der Waals surface area contributed by atoms with Crippen molar-refractivity contribution < 1.29 is 23.4 Å². The third-order valence-electron chi connectivity index (χ3n) is 7.44. The Bertz CT molecular complexity index is 1580. The first-order chi connectivity index (χ1) is 19.6. The number of carbonyl (C=O) groups is 1. The molecule has 204 valence electrons. The minimum Gasteiger partial charge on any atom is -0.496 e. The van der Waals surface area contributed by atoms with Gasteiger partial charge in [0.15, 0.2) is 5.58 Å². The first-order valence-electron chi connectivity index (χ1n) is 13.5. The number of pyridine rings is 1. The predicted molar refractivity (Wildman–Crippen MR) is 150 cm³/mol. The molecule has 2 aromatic carbocycles. The summed E-state index contributed by atoms with van der Waals surface area (Å²) in [6.07, 6.45) is 4.36. The van der Waals surface area contributed by atoms with E-state index in [-0.39, 0.29) is 18.0 Å². The summed E-state index contributed by atoms with van der Waals surface area (Å²) in [6, 6.07) is 17.5. The number of nitrogens with one attached hydrogen (secondary N) is 2. The van der Waals surface area contributed by atoms with Gasteiger partial charge in [-0.3, -0.25) is 9.78 Å². The van der Waals surface area contributed by atoms with Gasteiger partial charge in [0, 0.05) is 49.3 Å². The molecule has 2 aromatic heterocycles. The number of fused-ring (bicyclic) bond motifs is 1. The largest absolute Gasteiger partial charge is 0.496 e. The van der Waals surface area contributed by atoms with Crippen LogP contribution in [0.15, 0.2) is 59.1 Å². The Morgan fingerprint density at radius 3 is 2.60 bits per heavy atom. The molecule has 9 heteroatoms. The van der Waals surface area contributed by atoms with E-state index in [9.17, 15) is 10.1 Å². The van der Waals surface area contributed by atoms with Crippen molar-refractivity contribution in [3.8, 4) is 34.3 Å². The van der Waals surface area contributed by atoms with Crippen LogP contribution < -0.4 is 15.4 Å². The van der Waals surface area contributed by atoms with Crippen molar-refractivity contribution in [3.05, 3.63) is 65.9 Å². The molecule has 2 saturated heterocycles. The van der Waals surface area contributed by atoms with Crippen molar-refractivity contribution in [1.82, 2.24) is 10.3 Å². The lowest BCUT2D eigenvalue weighted by Crippen LogP contribution is -2.34. The maximum absolute atomic E-state index is 12.8. The number of hydrogen-bond donors (Lipinski definition) is 2. The zero-order chi connectivity index (χ0) is 27.5. The molecule has 2 fully saturated rings. The number of nitrogens with zero attached hydrogens (tertiary/aromatic N) is 2. The van der Waals surface area contributed by atoms with Crippen LogP contribution in [-0.4, -0.2) is 56.5 Å². The summed E-state index contributed by atoms with van der Waals surface area (Å²) in [4.78, 5) is 17.3. The quantitative estimate of drug-likeness (QED) is 0.332. The monoisotopic (exact) mass is 538 g/mol. The highest BCUT2D eigenvalue weighted by Crippen LogP contribution is 2.38. The van der Waals surface area contributed by atoms with E-state index in [1.807, 2.05) is 36.4 Å². The Kier molecular flexibility index (Phi) is 7.36. The number of rotatable bonds is 7. The number of methoxy groups -OCH3 is 1. The zero-order valence-electron chi connectivity index (χ0n) is 22.2. The lowest BCUT2D eigenvalue weighted by atomic mass is 10.0. The Labute approximate surface area is 232 Å². The van der Waals surface area contributed by atoms with Crippen LogP contribution in [0.2, 0.25) is 0 Å². The van der Waals surface area contributed by atoms with Crippen molar-refractivity contribution in [3.63, 3.8) is 0 Å². The van der Waals surface area contributed by atoms with E-state index in [4.69, 9.17) is 18.6 Å². The molecule has 6 rings (SSSR count). The number of benzene rings is 2. The lowest BCUT2D eigenvalue weighted by Gasteiger charge is -2.24. The van der Waals surface area contributed by atoms with Gasteiger partial charge in [0.05, 0.1) is 36.6 Å². The Hall–Kier alpha value is -4.39. The van der Waals surface area contributed by atoms with Crippen LogP contribution in [0.5, 0.6) is 5.75 Å². The molecular formula is C31H30N4O5. The van der Waals surface area contributed by atoms with E-state index in [0.29, 0.717) is 52.5 Å². The number of ether oxygens (including phenoxy) is 3. The number of anilines is 1. The second-order valence-electron chi connectivity index (χ2n) is 10.0. The SMILES string of the molecule is COc1cc(C(=O)NC2CCOC2)ccc1-c1cc2nccc(-c3ccc(NC4CCOCC4)c(C#N)c3)c2o1. The molecule has 0 bridgehead atoms. The van der Waals surface area contributed by atoms with E-state index >= 15 is 0 Å². The predicted octanol–water partition coefficient (Wildman–Crippen LogP) is 5.15. The Balaban J connectivity index is 1.30. The van der Waals surface area contributed by atoms with Gasteiger partial charge in [-0.1, -0.05) is 6.07 Å². The molecular weight excluding hydrogens is 508 g/mol. The van der Waals surface area contributed by atoms with Crippen LogP contribution in [0.3, 0.4) is 0 Å². The molecule has 2 aliphatic rings. The fourth-order valence-corrected chi connectivity index (χ4v) is 5.24. The summed E-state index contributed by atoms with van der Waals surface area (Å²) in [5.74, 6) is 0.921. The fourth-order valence-electron chi connectivity index (χ4n) is 5.24. The van der Waals surface area contributed by atoms with Crippen molar-refractivity contribution in [2.75, 3.05) is 38.9 Å². The van der Waals surface area contributed by atoms with Gasteiger partial charge >= 0.3 is 0 Å². The van der Waals surface area contributed by atoms with E-state index < -0.39 is 0 Å². The lowest BCUT2D eigenvalue weighted by molar-refractivity contribution is 0.0904. The number of aromatic nitrogens is 1. The smallest absolute Gasteiger partial charge is 0.251 e. The van der Waals surface area contributed by atoms with Gasteiger partial charge in [-0.2, -0.15) is 5.26 Å². The maximum atomic E-state index is 12.8. The molecule has 2 aliphatic heterocycles. The Morgan fingerprint density at radius 2 is 1.82 bits per heavy atom. The number of furan rings is 1. The molecule has 0 aliphatic carbocycles. The van der Waals surface area contributed by atoms with Gasteiger partial charge in [0.2, 0.25) is 0 Å². The number of carbonyl (C=O) groups excluding carboxylic acids is 1. The third-order valence-corrected chi connectivity index (χ3v) is 7.44. The maximum Gasteiger partial charge on any atom is 0.251 e. The minimum atomic E-state index is -0.169. The van der Waals surface area contributed by atoms with E-state index in [2.05, 4.69) is 21.7 Å². The highest BCUT2D eigenvalue weighted by atomic mass is 16.5. The number of amides is 1. The highest BCUT2D eigenvalue weighted by molar-refractivity contribution is 5.97. The summed E-state index contributed by atoms with van der Waals surface area (Å²) in [7, 11) is 1.57. The van der Waals surface area contributed by atoms with Crippen molar-refractivity contribution in [1.29, 1.82) is 5.26 Å². The molecule has 4 aromatic rings. The second-order valence-corrected chi connectivity index (χ2v) is 10.0. The molecule has 0 spiro atoms. The van der Waals surface area contributed by atoms with Crippen LogP contribution in [0.4, 0.5) is 5.69 Å². The number of hydrogen-bond acceptors (Lipinski definition) is 8. The topological polar surface area (TPSA) is 119 Å². The molecule has 2 N–H and O–H groups in total. The van der Waals surface area contributed by atoms with Gasteiger partial charge < -0.3 is 29.3 Å². The molecule has 40 heavy (non-hydrogen) atoms. The summed E-state index contributed by atoms with van der Waals surface area (Å²) in [5, 5.41) is 16.4. The fraction of sp³-hybridized carbons (Fsp3) is 0.323. The summed E-state index contributed by atoms with van der Waals surface area (Å²) >= 11 is 0. The van der Waals surface area contributed by atoms with E-state index in [1.165, 1.54) is 0 Å². The van der Waals surface area contributed by atoms with Gasteiger partial charge in [-0.15, -0.1) is 0 Å². The van der Waals surface area contributed by atoms with Crippen LogP contribution >= 0.6 is 0 Å². The molecule has 0 radical (unpaired) electrons. The van der Waals surface area contributed by atoms with Crippen molar-refractivity contribution in [2.45, 2.75) is 31.3 Å². The molecule has 0 saturated carbocycles. The van der Waals surface area contributed by atoms with Crippen LogP contribution in [-0.2, 0) is 9.47 Å².